The van der Waals surface area contributed by atoms with E-state index in [1.165, 1.54) is 25.7 Å². The van der Waals surface area contributed by atoms with E-state index in [1.54, 1.807) is 6.07 Å². The number of hydrogen-bond donors (Lipinski definition) is 0. The number of anilines is 1. The van der Waals surface area contributed by atoms with E-state index in [9.17, 15) is 0 Å². The fourth-order valence-corrected chi connectivity index (χ4v) is 2.61. The van der Waals surface area contributed by atoms with Gasteiger partial charge in [-0.05, 0) is 37.7 Å². The molecule has 0 bridgehead atoms. The van der Waals surface area contributed by atoms with E-state index in [1.807, 2.05) is 0 Å². The highest BCUT2D eigenvalue weighted by Gasteiger charge is 2.35. The van der Waals surface area contributed by atoms with Gasteiger partial charge in [0.25, 0.3) is 0 Å². The van der Waals surface area contributed by atoms with Crippen molar-refractivity contribution in [2.24, 2.45) is 5.92 Å². The van der Waals surface area contributed by atoms with Crippen LogP contribution in [-0.4, -0.2) is 17.6 Å². The summed E-state index contributed by atoms with van der Waals surface area (Å²) in [5, 5.41) is 1.36. The van der Waals surface area contributed by atoms with Crippen molar-refractivity contribution in [1.29, 1.82) is 0 Å². The Balaban J connectivity index is 1.90. The first-order valence-electron chi connectivity index (χ1n) is 5.93. The molecule has 1 heterocycles. The maximum Gasteiger partial charge on any atom is 0.150 e. The van der Waals surface area contributed by atoms with Crippen LogP contribution in [0.15, 0.2) is 6.07 Å². The Hall–Kier alpha value is -0.180. The molecule has 2 saturated carbocycles. The number of halogens is 3. The normalized spacial score (nSPS) is 19.5. The Labute approximate surface area is 116 Å². The van der Waals surface area contributed by atoms with E-state index in [-0.39, 0.29) is 0 Å². The fourth-order valence-electron chi connectivity index (χ4n) is 2.01. The Kier molecular flexibility index (Phi) is 3.14. The number of pyridine rings is 1. The SMILES string of the molecule is Clc1cc(Cl)c(N(CC2CC2)C2CC2)nc1Cl. The molecule has 0 spiro atoms. The van der Waals surface area contributed by atoms with E-state index < -0.39 is 0 Å². The van der Waals surface area contributed by atoms with Crippen LogP contribution in [0.25, 0.3) is 0 Å². The van der Waals surface area contributed by atoms with Gasteiger partial charge in [0.1, 0.15) is 11.0 Å². The number of rotatable bonds is 4. The fraction of sp³-hybridized carbons (Fsp3) is 0.583. The molecule has 2 aliphatic rings. The molecule has 0 aliphatic heterocycles. The van der Waals surface area contributed by atoms with Crippen LogP contribution in [0.1, 0.15) is 25.7 Å². The van der Waals surface area contributed by atoms with E-state index in [4.69, 9.17) is 34.8 Å². The molecule has 2 fully saturated rings. The maximum atomic E-state index is 6.22. The zero-order valence-electron chi connectivity index (χ0n) is 9.30. The van der Waals surface area contributed by atoms with Crippen LogP contribution in [0.3, 0.4) is 0 Å². The first-order valence-corrected chi connectivity index (χ1v) is 7.06. The molecule has 92 valence electrons. The monoisotopic (exact) mass is 290 g/mol. The quantitative estimate of drug-likeness (QED) is 0.763. The van der Waals surface area contributed by atoms with Gasteiger partial charge in [-0.15, -0.1) is 0 Å². The van der Waals surface area contributed by atoms with Crippen LogP contribution in [0, 0.1) is 5.92 Å². The lowest BCUT2D eigenvalue weighted by atomic mass is 10.3. The molecule has 5 heteroatoms. The van der Waals surface area contributed by atoms with E-state index in [0.717, 1.165) is 18.3 Å². The Morgan fingerprint density at radius 3 is 2.41 bits per heavy atom. The summed E-state index contributed by atoms with van der Waals surface area (Å²) in [6.45, 7) is 1.05. The summed E-state index contributed by atoms with van der Waals surface area (Å²) in [5.74, 6) is 1.61. The second-order valence-corrected chi connectivity index (χ2v) is 6.07. The van der Waals surface area contributed by atoms with E-state index in [0.29, 0.717) is 21.2 Å². The van der Waals surface area contributed by atoms with Gasteiger partial charge in [0, 0.05) is 12.6 Å². The highest BCUT2D eigenvalue weighted by atomic mass is 35.5. The molecule has 2 aliphatic carbocycles. The summed E-state index contributed by atoms with van der Waals surface area (Å²) in [6, 6.07) is 2.29. The van der Waals surface area contributed by atoms with Crippen LogP contribution < -0.4 is 4.90 Å². The van der Waals surface area contributed by atoms with Crippen molar-refractivity contribution in [2.75, 3.05) is 11.4 Å². The maximum absolute atomic E-state index is 6.22. The average molecular weight is 292 g/mol. The first-order chi connectivity index (χ1) is 8.15. The lowest BCUT2D eigenvalue weighted by molar-refractivity contribution is 0.709. The summed E-state index contributed by atoms with van der Waals surface area (Å²) in [4.78, 5) is 6.65. The van der Waals surface area contributed by atoms with Gasteiger partial charge < -0.3 is 4.90 Å². The Morgan fingerprint density at radius 1 is 1.12 bits per heavy atom. The second-order valence-electron chi connectivity index (χ2n) is 4.89. The van der Waals surface area contributed by atoms with Crippen molar-refractivity contribution in [3.05, 3.63) is 21.3 Å². The molecule has 2 nitrogen and oxygen atoms in total. The average Bonchev–Trinajstić information content (AvgIpc) is 3.14. The predicted octanol–water partition coefficient (Wildman–Crippen LogP) is 4.42. The molecule has 17 heavy (non-hydrogen) atoms. The van der Waals surface area contributed by atoms with Crippen LogP contribution in [-0.2, 0) is 0 Å². The van der Waals surface area contributed by atoms with Crippen LogP contribution in [0.4, 0.5) is 5.82 Å². The number of nitrogens with zero attached hydrogens (tertiary/aromatic N) is 2. The van der Waals surface area contributed by atoms with Crippen molar-refractivity contribution in [3.63, 3.8) is 0 Å². The van der Waals surface area contributed by atoms with Crippen molar-refractivity contribution < 1.29 is 0 Å². The van der Waals surface area contributed by atoms with Crippen LogP contribution in [0.5, 0.6) is 0 Å². The van der Waals surface area contributed by atoms with Crippen molar-refractivity contribution >= 4 is 40.6 Å². The Bertz CT molecular complexity index is 442. The molecule has 1 aromatic heterocycles. The highest BCUT2D eigenvalue weighted by molar-refractivity contribution is 6.42. The van der Waals surface area contributed by atoms with Gasteiger partial charge in [-0.25, -0.2) is 4.98 Å². The summed E-state index contributed by atoms with van der Waals surface area (Å²) >= 11 is 18.1. The lowest BCUT2D eigenvalue weighted by Crippen LogP contribution is -2.29. The Morgan fingerprint density at radius 2 is 1.82 bits per heavy atom. The predicted molar refractivity (Wildman–Crippen MR) is 72.4 cm³/mol. The molecule has 0 radical (unpaired) electrons. The summed E-state index contributed by atoms with van der Waals surface area (Å²) in [7, 11) is 0. The highest BCUT2D eigenvalue weighted by Crippen LogP contribution is 2.40. The molecule has 0 amide bonds. The molecule has 0 saturated heterocycles. The molecule has 0 N–H and O–H groups in total. The first kappa shape index (κ1) is 11.9. The molecular weight excluding hydrogens is 279 g/mol. The zero-order chi connectivity index (χ0) is 12.0. The lowest BCUT2D eigenvalue weighted by Gasteiger charge is -2.24. The third kappa shape index (κ3) is 2.64. The molecule has 0 atom stereocenters. The smallest absolute Gasteiger partial charge is 0.150 e. The van der Waals surface area contributed by atoms with Gasteiger partial charge in [0.15, 0.2) is 0 Å². The largest absolute Gasteiger partial charge is 0.352 e. The third-order valence-electron chi connectivity index (χ3n) is 3.28. The molecule has 0 unspecified atom stereocenters. The van der Waals surface area contributed by atoms with Gasteiger partial charge in [0.2, 0.25) is 0 Å². The second kappa shape index (κ2) is 4.49. The van der Waals surface area contributed by atoms with Gasteiger partial charge in [-0.3, -0.25) is 0 Å². The molecule has 3 rings (SSSR count). The van der Waals surface area contributed by atoms with Crippen LogP contribution >= 0.6 is 34.8 Å². The minimum absolute atomic E-state index is 0.340. The number of aromatic nitrogens is 1. The summed E-state index contributed by atoms with van der Waals surface area (Å²) in [6.07, 6.45) is 5.10. The number of hydrogen-bond acceptors (Lipinski definition) is 2. The topological polar surface area (TPSA) is 16.1 Å². The minimum atomic E-state index is 0.340. The van der Waals surface area contributed by atoms with Crippen molar-refractivity contribution in [3.8, 4) is 0 Å². The van der Waals surface area contributed by atoms with Crippen molar-refractivity contribution in [2.45, 2.75) is 31.7 Å². The summed E-state index contributed by atoms with van der Waals surface area (Å²) < 4.78 is 0. The van der Waals surface area contributed by atoms with Crippen LogP contribution in [0.2, 0.25) is 15.2 Å². The van der Waals surface area contributed by atoms with Gasteiger partial charge in [-0.2, -0.15) is 0 Å². The minimum Gasteiger partial charge on any atom is -0.352 e. The van der Waals surface area contributed by atoms with E-state index in [2.05, 4.69) is 9.88 Å². The third-order valence-corrected chi connectivity index (χ3v) is 4.23. The van der Waals surface area contributed by atoms with Gasteiger partial charge in [-0.1, -0.05) is 34.8 Å². The molecule has 1 aromatic rings. The zero-order valence-corrected chi connectivity index (χ0v) is 11.6. The van der Waals surface area contributed by atoms with Crippen molar-refractivity contribution in [1.82, 2.24) is 4.98 Å². The standard InChI is InChI=1S/C12H13Cl3N2/c13-9-5-10(14)12(16-11(9)15)17(8-3-4-8)6-7-1-2-7/h5,7-8H,1-4,6H2. The van der Waals surface area contributed by atoms with Gasteiger partial charge in [0.05, 0.1) is 10.0 Å². The molecule has 0 aromatic carbocycles. The van der Waals surface area contributed by atoms with Gasteiger partial charge >= 0.3 is 0 Å². The molecular formula is C12H13Cl3N2. The van der Waals surface area contributed by atoms with E-state index >= 15 is 0 Å². The summed E-state index contributed by atoms with van der Waals surface area (Å²) in [5.41, 5.74) is 0.